The Kier molecular flexibility index (Phi) is 8.34. The van der Waals surface area contributed by atoms with Gasteiger partial charge in [-0.2, -0.15) is 0 Å². The van der Waals surface area contributed by atoms with Crippen molar-refractivity contribution in [3.05, 3.63) is 35.4 Å². The second-order valence-electron chi connectivity index (χ2n) is 8.63. The van der Waals surface area contributed by atoms with Crippen molar-refractivity contribution in [3.63, 3.8) is 0 Å². The normalized spacial score (nSPS) is 33.0. The molecule has 0 spiro atoms. The fourth-order valence-corrected chi connectivity index (χ4v) is 4.16. The Morgan fingerprint density at radius 3 is 2.18 bits per heavy atom. The van der Waals surface area contributed by atoms with E-state index in [2.05, 4.69) is 4.99 Å². The van der Waals surface area contributed by atoms with Crippen LogP contribution in [0.2, 0.25) is 0 Å². The van der Waals surface area contributed by atoms with Gasteiger partial charge in [0, 0.05) is 19.1 Å². The molecule has 0 saturated carbocycles. The standard InChI is InChI=1S/C24H33NO8/c26-14-16-12-17(23(28)24(29)22(16)27)25-13-15-7-8-18(32-20-5-1-3-9-30-20)19(11-15)33-21-6-2-4-10-31-21/h7-8,11-13,17,20-24,26-29H,1-6,9-10,14H2/b25-13+/t17?,20?,21?,22?,23?,24-/m0/s1. The molecule has 0 aromatic heterocycles. The Morgan fingerprint density at radius 1 is 0.909 bits per heavy atom. The zero-order valence-electron chi connectivity index (χ0n) is 18.6. The lowest BCUT2D eigenvalue weighted by Crippen LogP contribution is -2.48. The summed E-state index contributed by atoms with van der Waals surface area (Å²) in [6.07, 6.45) is 4.06. The summed E-state index contributed by atoms with van der Waals surface area (Å²) in [5.41, 5.74) is 0.925. The summed E-state index contributed by atoms with van der Waals surface area (Å²) < 4.78 is 23.6. The quantitative estimate of drug-likeness (QED) is 0.352. The molecule has 2 fully saturated rings. The van der Waals surface area contributed by atoms with Gasteiger partial charge in [0.1, 0.15) is 18.3 Å². The summed E-state index contributed by atoms with van der Waals surface area (Å²) in [6.45, 7) is 0.900. The van der Waals surface area contributed by atoms with Crippen LogP contribution < -0.4 is 9.47 Å². The number of benzene rings is 1. The molecule has 4 N–H and O–H groups in total. The van der Waals surface area contributed by atoms with Crippen LogP contribution in [0.5, 0.6) is 11.5 Å². The van der Waals surface area contributed by atoms with Crippen molar-refractivity contribution < 1.29 is 39.4 Å². The van der Waals surface area contributed by atoms with Crippen molar-refractivity contribution in [2.45, 2.75) is 75.5 Å². The van der Waals surface area contributed by atoms with Gasteiger partial charge in [-0.25, -0.2) is 0 Å². The SMILES string of the molecule is OCC1=CC(/N=C/c2ccc(OC3CCCCO3)c(OC3CCCCO3)c2)C(O)[C@@H](O)C1O. The first-order valence-electron chi connectivity index (χ1n) is 11.6. The van der Waals surface area contributed by atoms with E-state index < -0.39 is 31.0 Å². The average molecular weight is 464 g/mol. The molecule has 0 bridgehead atoms. The maximum absolute atomic E-state index is 10.3. The van der Waals surface area contributed by atoms with E-state index in [1.165, 1.54) is 6.08 Å². The summed E-state index contributed by atoms with van der Waals surface area (Å²) >= 11 is 0. The van der Waals surface area contributed by atoms with Gasteiger partial charge in [0.2, 0.25) is 0 Å². The Balaban J connectivity index is 1.53. The van der Waals surface area contributed by atoms with Crippen LogP contribution in [0.4, 0.5) is 0 Å². The van der Waals surface area contributed by atoms with Crippen LogP contribution in [-0.4, -0.2) is 83.4 Å². The van der Waals surface area contributed by atoms with E-state index in [4.69, 9.17) is 18.9 Å². The second-order valence-corrected chi connectivity index (χ2v) is 8.63. The molecule has 0 radical (unpaired) electrons. The van der Waals surface area contributed by atoms with Gasteiger partial charge < -0.3 is 39.4 Å². The molecule has 1 aromatic rings. The smallest absolute Gasteiger partial charge is 0.200 e. The van der Waals surface area contributed by atoms with Crippen LogP contribution >= 0.6 is 0 Å². The summed E-state index contributed by atoms with van der Waals surface area (Å²) in [5, 5.41) is 39.6. The summed E-state index contributed by atoms with van der Waals surface area (Å²) in [7, 11) is 0. The number of rotatable bonds is 7. The second kappa shape index (κ2) is 11.4. The first-order valence-corrected chi connectivity index (χ1v) is 11.6. The molecule has 2 heterocycles. The Hall–Kier alpha value is -2.01. The number of aliphatic imine (C=N–C) groups is 1. The minimum atomic E-state index is -1.42. The minimum Gasteiger partial charge on any atom is -0.461 e. The zero-order chi connectivity index (χ0) is 23.2. The van der Waals surface area contributed by atoms with Crippen molar-refractivity contribution in [1.82, 2.24) is 0 Å². The summed E-state index contributed by atoms with van der Waals surface area (Å²) in [6, 6.07) is 4.59. The molecule has 9 heteroatoms. The van der Waals surface area contributed by atoms with Crippen LogP contribution in [0, 0.1) is 0 Å². The molecule has 4 rings (SSSR count). The fourth-order valence-electron chi connectivity index (χ4n) is 4.16. The molecule has 182 valence electrons. The van der Waals surface area contributed by atoms with E-state index in [1.54, 1.807) is 18.3 Å². The Bertz CT molecular complexity index is 832. The van der Waals surface area contributed by atoms with E-state index >= 15 is 0 Å². The largest absolute Gasteiger partial charge is 0.461 e. The van der Waals surface area contributed by atoms with Gasteiger partial charge in [-0.05, 0) is 55.0 Å². The van der Waals surface area contributed by atoms with Gasteiger partial charge >= 0.3 is 0 Å². The number of aliphatic hydroxyl groups excluding tert-OH is 4. The van der Waals surface area contributed by atoms with Crippen LogP contribution in [0.1, 0.15) is 44.1 Å². The van der Waals surface area contributed by atoms with Crippen LogP contribution in [-0.2, 0) is 9.47 Å². The van der Waals surface area contributed by atoms with Gasteiger partial charge in [-0.15, -0.1) is 0 Å². The molecule has 1 aliphatic carbocycles. The minimum absolute atomic E-state index is 0.227. The maximum Gasteiger partial charge on any atom is 0.200 e. The van der Waals surface area contributed by atoms with Crippen LogP contribution in [0.15, 0.2) is 34.8 Å². The van der Waals surface area contributed by atoms with Crippen molar-refractivity contribution in [2.24, 2.45) is 4.99 Å². The lowest BCUT2D eigenvalue weighted by molar-refractivity contribution is -0.119. The molecule has 2 aliphatic heterocycles. The van der Waals surface area contributed by atoms with E-state index in [9.17, 15) is 20.4 Å². The van der Waals surface area contributed by atoms with E-state index in [1.807, 2.05) is 6.07 Å². The third-order valence-corrected chi connectivity index (χ3v) is 6.13. The molecule has 33 heavy (non-hydrogen) atoms. The van der Waals surface area contributed by atoms with E-state index in [-0.39, 0.29) is 18.2 Å². The van der Waals surface area contributed by atoms with Gasteiger partial charge in [-0.3, -0.25) is 4.99 Å². The highest BCUT2D eigenvalue weighted by Gasteiger charge is 2.36. The molecule has 3 aliphatic rings. The molecular weight excluding hydrogens is 430 g/mol. The Morgan fingerprint density at radius 2 is 1.58 bits per heavy atom. The molecule has 6 atom stereocenters. The highest BCUT2D eigenvalue weighted by atomic mass is 16.7. The third-order valence-electron chi connectivity index (χ3n) is 6.13. The highest BCUT2D eigenvalue weighted by molar-refractivity contribution is 5.81. The number of ether oxygens (including phenoxy) is 4. The zero-order valence-corrected chi connectivity index (χ0v) is 18.6. The topological polar surface area (TPSA) is 130 Å². The van der Waals surface area contributed by atoms with Crippen LogP contribution in [0.3, 0.4) is 0 Å². The average Bonchev–Trinajstić information content (AvgIpc) is 2.85. The molecule has 5 unspecified atom stereocenters. The summed E-state index contributed by atoms with van der Waals surface area (Å²) in [4.78, 5) is 4.36. The summed E-state index contributed by atoms with van der Waals surface area (Å²) in [5.74, 6) is 1.08. The number of nitrogens with zero attached hydrogens (tertiary/aromatic N) is 1. The van der Waals surface area contributed by atoms with Crippen molar-refractivity contribution in [3.8, 4) is 11.5 Å². The first kappa shape index (κ1) is 24.1. The number of aliphatic hydroxyl groups is 4. The Labute approximate surface area is 193 Å². The number of hydrogen-bond acceptors (Lipinski definition) is 9. The van der Waals surface area contributed by atoms with E-state index in [0.29, 0.717) is 30.3 Å². The van der Waals surface area contributed by atoms with Crippen molar-refractivity contribution in [1.29, 1.82) is 0 Å². The molecular formula is C24H33NO8. The van der Waals surface area contributed by atoms with Crippen molar-refractivity contribution in [2.75, 3.05) is 19.8 Å². The van der Waals surface area contributed by atoms with Gasteiger partial charge in [0.05, 0.1) is 25.9 Å². The van der Waals surface area contributed by atoms with Gasteiger partial charge in [0.15, 0.2) is 24.1 Å². The molecule has 0 amide bonds. The van der Waals surface area contributed by atoms with Gasteiger partial charge in [-0.1, -0.05) is 6.08 Å². The van der Waals surface area contributed by atoms with Gasteiger partial charge in [0.25, 0.3) is 0 Å². The molecule has 1 aromatic carbocycles. The third kappa shape index (κ3) is 6.11. The monoisotopic (exact) mass is 463 g/mol. The highest BCUT2D eigenvalue weighted by Crippen LogP contribution is 2.33. The van der Waals surface area contributed by atoms with E-state index in [0.717, 1.165) is 38.5 Å². The lowest BCUT2D eigenvalue weighted by Gasteiger charge is -2.32. The predicted molar refractivity (Wildman–Crippen MR) is 119 cm³/mol. The molecule has 9 nitrogen and oxygen atoms in total. The van der Waals surface area contributed by atoms with Crippen molar-refractivity contribution >= 4 is 6.21 Å². The first-order chi connectivity index (χ1) is 16.0. The predicted octanol–water partition coefficient (Wildman–Crippen LogP) is 1.30. The number of hydrogen-bond donors (Lipinski definition) is 4. The molecule has 2 saturated heterocycles. The fraction of sp³-hybridized carbons (Fsp3) is 0.625. The van der Waals surface area contributed by atoms with Crippen LogP contribution in [0.25, 0.3) is 0 Å². The lowest BCUT2D eigenvalue weighted by atomic mass is 9.88. The maximum atomic E-state index is 10.3.